The van der Waals surface area contributed by atoms with E-state index in [1.807, 2.05) is 25.1 Å². The van der Waals surface area contributed by atoms with Gasteiger partial charge in [-0.05, 0) is 55.7 Å². The van der Waals surface area contributed by atoms with E-state index in [4.69, 9.17) is 14.5 Å². The van der Waals surface area contributed by atoms with Gasteiger partial charge in [-0.3, -0.25) is 9.78 Å². The smallest absolute Gasteiger partial charge is 0.251 e. The van der Waals surface area contributed by atoms with E-state index in [0.717, 1.165) is 68.3 Å². The Morgan fingerprint density at radius 1 is 1.13 bits per heavy atom. The molecule has 2 N–H and O–H groups in total. The minimum Gasteiger partial charge on any atom is -0.437 e. The summed E-state index contributed by atoms with van der Waals surface area (Å²) in [5.74, 6) is 1.19. The van der Waals surface area contributed by atoms with Gasteiger partial charge in [0.15, 0.2) is 11.4 Å². The van der Waals surface area contributed by atoms with Crippen molar-refractivity contribution >= 4 is 17.4 Å². The van der Waals surface area contributed by atoms with Crippen molar-refractivity contribution in [3.05, 3.63) is 65.9 Å². The predicted octanol–water partition coefficient (Wildman–Crippen LogP) is 4.76. The Hall–Kier alpha value is -4.05. The van der Waals surface area contributed by atoms with Crippen molar-refractivity contribution < 1.29 is 18.7 Å². The standard InChI is InChI=1S/C28H29FN6O3/c1-17-10-19(2-5-23(17)28(36)33-21-3-4-21)24-16-32-35-25(31-13-18-6-8-37-9-7-18)12-26(34-27(24)35)38-22-11-20(29)14-30-15-22/h2,5,10-12,14-16,18,21,31H,3-4,6-9,13H2,1H3,(H,33,36). The van der Waals surface area contributed by atoms with Gasteiger partial charge in [-0.25, -0.2) is 4.39 Å². The van der Waals surface area contributed by atoms with Crippen LogP contribution in [0.5, 0.6) is 11.6 Å². The Balaban J connectivity index is 1.35. The topological polar surface area (TPSA) is 103 Å². The van der Waals surface area contributed by atoms with Gasteiger partial charge >= 0.3 is 0 Å². The van der Waals surface area contributed by atoms with Crippen LogP contribution in [0.1, 0.15) is 41.6 Å². The fourth-order valence-corrected chi connectivity index (χ4v) is 4.67. The summed E-state index contributed by atoms with van der Waals surface area (Å²) >= 11 is 0. The van der Waals surface area contributed by atoms with E-state index in [1.54, 1.807) is 16.8 Å². The lowest BCUT2D eigenvalue weighted by Crippen LogP contribution is -2.26. The van der Waals surface area contributed by atoms with Crippen molar-refractivity contribution in [2.24, 2.45) is 5.92 Å². The average Bonchev–Trinajstić information content (AvgIpc) is 3.63. The van der Waals surface area contributed by atoms with E-state index in [9.17, 15) is 9.18 Å². The number of aromatic nitrogens is 4. The average molecular weight is 517 g/mol. The second-order valence-corrected chi connectivity index (χ2v) is 9.93. The summed E-state index contributed by atoms with van der Waals surface area (Å²) in [5, 5.41) is 11.2. The minimum absolute atomic E-state index is 0.0477. The number of anilines is 1. The van der Waals surface area contributed by atoms with Gasteiger partial charge in [0.25, 0.3) is 5.91 Å². The number of halogens is 1. The second kappa shape index (κ2) is 10.4. The van der Waals surface area contributed by atoms with E-state index in [0.29, 0.717) is 34.9 Å². The van der Waals surface area contributed by atoms with Gasteiger partial charge in [0.2, 0.25) is 5.88 Å². The fraction of sp³-hybridized carbons (Fsp3) is 0.357. The number of hydrogen-bond donors (Lipinski definition) is 2. The van der Waals surface area contributed by atoms with Crippen molar-refractivity contribution in [3.63, 3.8) is 0 Å². The number of benzene rings is 1. The number of carbonyl (C=O) groups is 1. The highest BCUT2D eigenvalue weighted by atomic mass is 19.1. The van der Waals surface area contributed by atoms with Crippen LogP contribution >= 0.6 is 0 Å². The molecule has 9 nitrogen and oxygen atoms in total. The minimum atomic E-state index is -0.493. The summed E-state index contributed by atoms with van der Waals surface area (Å²) in [7, 11) is 0. The Labute approximate surface area is 219 Å². The lowest BCUT2D eigenvalue weighted by molar-refractivity contribution is 0.0699. The van der Waals surface area contributed by atoms with E-state index in [1.165, 1.54) is 12.3 Å². The number of hydrogen-bond acceptors (Lipinski definition) is 7. The Morgan fingerprint density at radius 3 is 2.74 bits per heavy atom. The first-order chi connectivity index (χ1) is 18.5. The van der Waals surface area contributed by atoms with Crippen LogP contribution < -0.4 is 15.4 Å². The maximum absolute atomic E-state index is 13.7. The highest BCUT2D eigenvalue weighted by Crippen LogP contribution is 2.31. The molecule has 38 heavy (non-hydrogen) atoms. The third kappa shape index (κ3) is 5.31. The van der Waals surface area contributed by atoms with Gasteiger partial charge in [0, 0.05) is 49.1 Å². The molecule has 6 rings (SSSR count). The molecule has 0 atom stereocenters. The molecule has 1 saturated heterocycles. The zero-order chi connectivity index (χ0) is 26.1. The van der Waals surface area contributed by atoms with E-state index < -0.39 is 5.82 Å². The maximum Gasteiger partial charge on any atom is 0.251 e. The number of fused-ring (bicyclic) bond motifs is 1. The Bertz CT molecular complexity index is 1480. The number of nitrogens with one attached hydrogen (secondary N) is 2. The summed E-state index contributed by atoms with van der Waals surface area (Å²) in [6.45, 7) is 4.21. The second-order valence-electron chi connectivity index (χ2n) is 9.93. The number of carbonyl (C=O) groups excluding carboxylic acids is 1. The van der Waals surface area contributed by atoms with Gasteiger partial charge < -0.3 is 20.1 Å². The van der Waals surface area contributed by atoms with Gasteiger partial charge in [0.05, 0.1) is 18.6 Å². The zero-order valence-electron chi connectivity index (χ0n) is 21.1. The first-order valence-corrected chi connectivity index (χ1v) is 12.9. The number of pyridine rings is 1. The molecule has 3 aromatic heterocycles. The number of rotatable bonds is 8. The van der Waals surface area contributed by atoms with Crippen LogP contribution in [0.25, 0.3) is 16.8 Å². The lowest BCUT2D eigenvalue weighted by Gasteiger charge is -2.22. The van der Waals surface area contributed by atoms with Crippen LogP contribution in [-0.4, -0.2) is 51.3 Å². The molecule has 10 heteroatoms. The Morgan fingerprint density at radius 2 is 1.97 bits per heavy atom. The Kier molecular flexibility index (Phi) is 6.63. The summed E-state index contributed by atoms with van der Waals surface area (Å²) in [6.07, 6.45) is 8.38. The van der Waals surface area contributed by atoms with Crippen molar-refractivity contribution in [2.45, 2.75) is 38.6 Å². The molecule has 0 radical (unpaired) electrons. The number of amides is 1. The lowest BCUT2D eigenvalue weighted by atomic mass is 10.0. The summed E-state index contributed by atoms with van der Waals surface area (Å²) in [5.41, 5.74) is 3.78. The molecule has 1 aliphatic carbocycles. The van der Waals surface area contributed by atoms with Crippen LogP contribution in [0.3, 0.4) is 0 Å². The quantitative estimate of drug-likeness (QED) is 0.348. The molecule has 1 aromatic carbocycles. The van der Waals surface area contributed by atoms with Crippen molar-refractivity contribution in [3.8, 4) is 22.8 Å². The largest absolute Gasteiger partial charge is 0.437 e. The highest BCUT2D eigenvalue weighted by Gasteiger charge is 2.25. The van der Waals surface area contributed by atoms with Crippen LogP contribution in [-0.2, 0) is 4.74 Å². The molecule has 4 aromatic rings. The SMILES string of the molecule is Cc1cc(-c2cnn3c(NCC4CCOCC4)cc(Oc4cncc(F)c4)nc23)ccc1C(=O)NC1CC1. The van der Waals surface area contributed by atoms with Gasteiger partial charge in [-0.15, -0.1) is 0 Å². The number of nitrogens with zero attached hydrogens (tertiary/aromatic N) is 4. The molecule has 1 amide bonds. The zero-order valence-corrected chi connectivity index (χ0v) is 21.1. The number of aryl methyl sites for hydroxylation is 1. The molecule has 0 unspecified atom stereocenters. The molecule has 1 aliphatic heterocycles. The van der Waals surface area contributed by atoms with Crippen LogP contribution in [0.2, 0.25) is 0 Å². The van der Waals surface area contributed by atoms with Crippen LogP contribution in [0.15, 0.2) is 48.9 Å². The van der Waals surface area contributed by atoms with E-state index >= 15 is 0 Å². The van der Waals surface area contributed by atoms with Gasteiger partial charge in [0.1, 0.15) is 11.6 Å². The molecule has 1 saturated carbocycles. The molecule has 4 heterocycles. The summed E-state index contributed by atoms with van der Waals surface area (Å²) in [4.78, 5) is 21.2. The third-order valence-electron chi connectivity index (χ3n) is 6.96. The molecule has 2 fully saturated rings. The predicted molar refractivity (Wildman–Crippen MR) is 140 cm³/mol. The maximum atomic E-state index is 13.7. The van der Waals surface area contributed by atoms with Crippen molar-refractivity contribution in [1.82, 2.24) is 24.9 Å². The molecule has 2 aliphatic rings. The van der Waals surface area contributed by atoms with Gasteiger partial charge in [-0.2, -0.15) is 14.6 Å². The fourth-order valence-electron chi connectivity index (χ4n) is 4.67. The summed E-state index contributed by atoms with van der Waals surface area (Å²) < 4.78 is 26.9. The van der Waals surface area contributed by atoms with Gasteiger partial charge in [-0.1, -0.05) is 12.1 Å². The van der Waals surface area contributed by atoms with Crippen LogP contribution in [0, 0.1) is 18.7 Å². The third-order valence-corrected chi connectivity index (χ3v) is 6.96. The summed E-state index contributed by atoms with van der Waals surface area (Å²) in [6, 6.07) is 9.04. The highest BCUT2D eigenvalue weighted by molar-refractivity contribution is 5.97. The van der Waals surface area contributed by atoms with E-state index in [-0.39, 0.29) is 11.7 Å². The normalized spacial score (nSPS) is 15.9. The first kappa shape index (κ1) is 24.3. The molecule has 0 spiro atoms. The molecular weight excluding hydrogens is 487 g/mol. The van der Waals surface area contributed by atoms with Crippen LogP contribution in [0.4, 0.5) is 10.2 Å². The van der Waals surface area contributed by atoms with Crippen molar-refractivity contribution in [1.29, 1.82) is 0 Å². The van der Waals surface area contributed by atoms with Crippen molar-refractivity contribution in [2.75, 3.05) is 25.1 Å². The van der Waals surface area contributed by atoms with E-state index in [2.05, 4.69) is 20.7 Å². The monoisotopic (exact) mass is 516 g/mol. The molecule has 196 valence electrons. The number of ether oxygens (including phenoxy) is 2. The molecular formula is C28H29FN6O3. The molecule has 0 bridgehead atoms. The first-order valence-electron chi connectivity index (χ1n) is 12.9.